The van der Waals surface area contributed by atoms with Crippen LogP contribution in [0.4, 0.5) is 0 Å². The molecule has 1 fully saturated rings. The van der Waals surface area contributed by atoms with Gasteiger partial charge in [0.2, 0.25) is 5.91 Å². The van der Waals surface area contributed by atoms with Crippen LogP contribution in [0.25, 0.3) is 0 Å². The largest absolute Gasteiger partial charge is 0.354 e. The molecule has 1 heterocycles. The first-order valence-electron chi connectivity index (χ1n) is 8.79. The fourth-order valence-electron chi connectivity index (χ4n) is 3.45. The Morgan fingerprint density at radius 3 is 2.65 bits per heavy atom. The third kappa shape index (κ3) is 5.35. The number of carbonyl (C=O) groups excluding carboxylic acids is 2. The number of amides is 2. The lowest BCUT2D eigenvalue weighted by molar-refractivity contribution is -0.125. The molecule has 1 aliphatic rings. The summed E-state index contributed by atoms with van der Waals surface area (Å²) in [6, 6.07) is 4.33. The third-order valence-electron chi connectivity index (χ3n) is 4.46. The molecule has 1 aromatic rings. The van der Waals surface area contributed by atoms with Crippen LogP contribution in [0.1, 0.15) is 37.0 Å². The van der Waals surface area contributed by atoms with Gasteiger partial charge in [0.15, 0.2) is 0 Å². The minimum absolute atomic E-state index is 0.0527. The van der Waals surface area contributed by atoms with Crippen LogP contribution in [0.5, 0.6) is 0 Å². The van der Waals surface area contributed by atoms with Gasteiger partial charge in [0.25, 0.3) is 5.91 Å². The van der Waals surface area contributed by atoms with Gasteiger partial charge in [-0.05, 0) is 50.6 Å². The number of carbonyl (C=O) groups is 2. The second-order valence-electron chi connectivity index (χ2n) is 7.90. The molecule has 1 aliphatic heterocycles. The Bertz CT molecular complexity index is 677. The fourth-order valence-corrected chi connectivity index (χ4v) is 3.83. The van der Waals surface area contributed by atoms with E-state index in [-0.39, 0.29) is 17.2 Å². The van der Waals surface area contributed by atoms with Crippen LogP contribution in [0.2, 0.25) is 10.0 Å². The van der Waals surface area contributed by atoms with E-state index in [1.807, 2.05) is 14.1 Å². The third-order valence-corrected chi connectivity index (χ3v) is 5.03. The van der Waals surface area contributed by atoms with Gasteiger partial charge < -0.3 is 15.1 Å². The average Bonchev–Trinajstić information content (AvgIpc) is 3.03. The number of benzene rings is 1. The van der Waals surface area contributed by atoms with Crippen LogP contribution in [0.15, 0.2) is 18.2 Å². The zero-order valence-electron chi connectivity index (χ0n) is 15.8. The van der Waals surface area contributed by atoms with E-state index < -0.39 is 6.04 Å². The molecular weight excluding hydrogens is 373 g/mol. The lowest BCUT2D eigenvalue weighted by Crippen LogP contribution is -2.49. The molecule has 1 atom stereocenters. The van der Waals surface area contributed by atoms with E-state index in [9.17, 15) is 9.59 Å². The molecule has 0 aliphatic carbocycles. The summed E-state index contributed by atoms with van der Waals surface area (Å²) in [6.45, 7) is 6.17. The van der Waals surface area contributed by atoms with Crippen LogP contribution >= 0.6 is 23.2 Å². The molecule has 7 heteroatoms. The Kier molecular flexibility index (Phi) is 6.94. The van der Waals surface area contributed by atoms with Crippen LogP contribution in [0.3, 0.4) is 0 Å². The highest BCUT2D eigenvalue weighted by molar-refractivity contribution is 6.35. The Balaban J connectivity index is 2.06. The Morgan fingerprint density at radius 2 is 2.00 bits per heavy atom. The molecular formula is C19H27Cl2N3O2. The van der Waals surface area contributed by atoms with Gasteiger partial charge in [0.05, 0.1) is 10.6 Å². The zero-order chi connectivity index (χ0) is 19.5. The average molecular weight is 400 g/mol. The topological polar surface area (TPSA) is 52.7 Å². The number of hydrogen-bond donors (Lipinski definition) is 1. The zero-order valence-corrected chi connectivity index (χ0v) is 17.3. The molecule has 1 N–H and O–H groups in total. The summed E-state index contributed by atoms with van der Waals surface area (Å²) >= 11 is 12.2. The Morgan fingerprint density at radius 1 is 1.31 bits per heavy atom. The van der Waals surface area contributed by atoms with Gasteiger partial charge in [-0.2, -0.15) is 0 Å². The number of nitrogens with one attached hydrogen (secondary N) is 1. The van der Waals surface area contributed by atoms with Gasteiger partial charge in [-0.25, -0.2) is 0 Å². The summed E-state index contributed by atoms with van der Waals surface area (Å²) in [5.74, 6) is -0.358. The minimum atomic E-state index is -0.465. The van der Waals surface area contributed by atoms with Crippen molar-refractivity contribution in [2.24, 2.45) is 5.41 Å². The van der Waals surface area contributed by atoms with Gasteiger partial charge >= 0.3 is 0 Å². The summed E-state index contributed by atoms with van der Waals surface area (Å²) in [4.78, 5) is 29.3. The maximum atomic E-state index is 12.9. The van der Waals surface area contributed by atoms with Crippen molar-refractivity contribution in [1.29, 1.82) is 0 Å². The molecule has 1 saturated heterocycles. The molecule has 1 aromatic carbocycles. The van der Waals surface area contributed by atoms with Crippen molar-refractivity contribution < 1.29 is 9.59 Å². The predicted molar refractivity (Wildman–Crippen MR) is 106 cm³/mol. The summed E-state index contributed by atoms with van der Waals surface area (Å²) in [6.07, 6.45) is 1.45. The number of halogens is 2. The van der Waals surface area contributed by atoms with Crippen LogP contribution in [0, 0.1) is 5.41 Å². The van der Waals surface area contributed by atoms with Crippen molar-refractivity contribution in [2.45, 2.75) is 32.7 Å². The molecule has 0 spiro atoms. The van der Waals surface area contributed by atoms with Crippen molar-refractivity contribution in [2.75, 3.05) is 33.7 Å². The van der Waals surface area contributed by atoms with Crippen molar-refractivity contribution in [1.82, 2.24) is 15.1 Å². The smallest absolute Gasteiger partial charge is 0.256 e. The molecule has 2 amide bonds. The van der Waals surface area contributed by atoms with Crippen LogP contribution < -0.4 is 5.32 Å². The van der Waals surface area contributed by atoms with E-state index in [2.05, 4.69) is 24.1 Å². The molecule has 144 valence electrons. The van der Waals surface area contributed by atoms with Gasteiger partial charge in [0, 0.05) is 24.7 Å². The van der Waals surface area contributed by atoms with E-state index >= 15 is 0 Å². The van der Waals surface area contributed by atoms with Crippen molar-refractivity contribution in [3.8, 4) is 0 Å². The Labute approximate surface area is 165 Å². The molecule has 0 radical (unpaired) electrons. The molecule has 0 bridgehead atoms. The summed E-state index contributed by atoms with van der Waals surface area (Å²) in [5.41, 5.74) is 0.287. The molecule has 5 nitrogen and oxygen atoms in total. The first-order chi connectivity index (χ1) is 12.1. The quantitative estimate of drug-likeness (QED) is 0.797. The second kappa shape index (κ2) is 8.59. The number of hydrogen-bond acceptors (Lipinski definition) is 3. The molecule has 0 aromatic heterocycles. The van der Waals surface area contributed by atoms with Crippen molar-refractivity contribution >= 4 is 35.0 Å². The normalized spacial score (nSPS) is 17.7. The minimum Gasteiger partial charge on any atom is -0.354 e. The summed E-state index contributed by atoms with van der Waals surface area (Å²) in [7, 11) is 4.02. The number of rotatable bonds is 6. The van der Waals surface area contributed by atoms with E-state index in [4.69, 9.17) is 23.2 Å². The van der Waals surface area contributed by atoms with Gasteiger partial charge in [-0.1, -0.05) is 37.0 Å². The number of likely N-dealkylation sites (tertiary alicyclic amines) is 1. The second-order valence-corrected chi connectivity index (χ2v) is 8.74. The van der Waals surface area contributed by atoms with E-state index in [1.54, 1.807) is 23.1 Å². The Hall–Kier alpha value is -1.30. The van der Waals surface area contributed by atoms with Crippen molar-refractivity contribution in [3.05, 3.63) is 33.8 Å². The monoisotopic (exact) mass is 399 g/mol. The maximum Gasteiger partial charge on any atom is 0.256 e. The first kappa shape index (κ1) is 21.0. The first-order valence-corrected chi connectivity index (χ1v) is 9.55. The van der Waals surface area contributed by atoms with E-state index in [1.165, 1.54) is 0 Å². The van der Waals surface area contributed by atoms with Gasteiger partial charge in [-0.15, -0.1) is 0 Å². The van der Waals surface area contributed by atoms with Gasteiger partial charge in [0.1, 0.15) is 6.04 Å². The van der Waals surface area contributed by atoms with Crippen molar-refractivity contribution in [3.63, 3.8) is 0 Å². The lowest BCUT2D eigenvalue weighted by Gasteiger charge is -2.30. The molecule has 26 heavy (non-hydrogen) atoms. The summed E-state index contributed by atoms with van der Waals surface area (Å²) < 4.78 is 0. The lowest BCUT2D eigenvalue weighted by atomic mass is 9.93. The van der Waals surface area contributed by atoms with Crippen LogP contribution in [-0.2, 0) is 4.79 Å². The van der Waals surface area contributed by atoms with E-state index in [0.29, 0.717) is 35.1 Å². The fraction of sp³-hybridized carbons (Fsp3) is 0.579. The highest BCUT2D eigenvalue weighted by atomic mass is 35.5. The van der Waals surface area contributed by atoms with Gasteiger partial charge in [-0.3, -0.25) is 9.59 Å². The standard InChI is InChI=1S/C19H27Cl2N3O2/c1-19(2,12-23(3)4)11-22-17(25)16-6-5-9-24(16)18(26)14-10-13(20)7-8-15(14)21/h7-8,10,16H,5-6,9,11-12H2,1-4H3,(H,22,25). The highest BCUT2D eigenvalue weighted by Crippen LogP contribution is 2.26. The SMILES string of the molecule is CN(C)CC(C)(C)CNC(=O)C1CCCN1C(=O)c1cc(Cl)ccc1Cl. The molecule has 1 unspecified atom stereocenters. The number of nitrogens with zero attached hydrogens (tertiary/aromatic N) is 2. The molecule has 2 rings (SSSR count). The maximum absolute atomic E-state index is 12.9. The summed E-state index contributed by atoms with van der Waals surface area (Å²) in [5, 5.41) is 3.81. The highest BCUT2D eigenvalue weighted by Gasteiger charge is 2.35. The molecule has 0 saturated carbocycles. The van der Waals surface area contributed by atoms with Crippen LogP contribution in [-0.4, -0.2) is 61.4 Å². The predicted octanol–water partition coefficient (Wildman–Crippen LogP) is 3.30. The van der Waals surface area contributed by atoms with E-state index in [0.717, 1.165) is 13.0 Å².